The molecule has 1 heterocycles. The number of aryl methyl sites for hydroxylation is 1. The quantitative estimate of drug-likeness (QED) is 0.438. The van der Waals surface area contributed by atoms with Gasteiger partial charge in [-0.05, 0) is 19.4 Å². The molecule has 0 aromatic carbocycles. The lowest BCUT2D eigenvalue weighted by Gasteiger charge is -2.16. The second-order valence-electron chi connectivity index (χ2n) is 3.92. The summed E-state index contributed by atoms with van der Waals surface area (Å²) in [7, 11) is 0. The van der Waals surface area contributed by atoms with E-state index in [-0.39, 0.29) is 5.56 Å². The number of nitrogens with two attached hydrogens (primary N) is 1. The zero-order chi connectivity index (χ0) is 12.8. The van der Waals surface area contributed by atoms with Crippen LogP contribution in [0.25, 0.3) is 0 Å². The van der Waals surface area contributed by atoms with Crippen molar-refractivity contribution in [2.45, 2.75) is 39.2 Å². The SMILES string of the molecule is CCCC[C@@H](C(=O)NN)n1nc(C)ccc1=O. The Kier molecular flexibility index (Phi) is 4.84. The average Bonchev–Trinajstić information content (AvgIpc) is 2.33. The van der Waals surface area contributed by atoms with Crippen molar-refractivity contribution in [3.63, 3.8) is 0 Å². The molecule has 0 unspecified atom stereocenters. The molecular formula is C11H18N4O2. The first kappa shape index (κ1) is 13.4. The molecule has 0 fully saturated rings. The summed E-state index contributed by atoms with van der Waals surface area (Å²) in [6.45, 7) is 3.79. The normalized spacial score (nSPS) is 12.2. The highest BCUT2D eigenvalue weighted by atomic mass is 16.2. The first-order chi connectivity index (χ1) is 8.10. The zero-order valence-corrected chi connectivity index (χ0v) is 10.1. The van der Waals surface area contributed by atoms with Gasteiger partial charge in [-0.1, -0.05) is 19.8 Å². The van der Waals surface area contributed by atoms with Gasteiger partial charge in [-0.25, -0.2) is 10.5 Å². The minimum Gasteiger partial charge on any atom is -0.292 e. The maximum atomic E-state index is 11.7. The van der Waals surface area contributed by atoms with Crippen molar-refractivity contribution in [1.82, 2.24) is 15.2 Å². The molecule has 0 aliphatic rings. The summed E-state index contributed by atoms with van der Waals surface area (Å²) in [5, 5.41) is 4.08. The summed E-state index contributed by atoms with van der Waals surface area (Å²) in [4.78, 5) is 23.3. The molecule has 6 nitrogen and oxygen atoms in total. The first-order valence-corrected chi connectivity index (χ1v) is 5.67. The van der Waals surface area contributed by atoms with E-state index in [1.54, 1.807) is 13.0 Å². The lowest BCUT2D eigenvalue weighted by Crippen LogP contribution is -2.41. The number of nitrogens with one attached hydrogen (secondary N) is 1. The van der Waals surface area contributed by atoms with Gasteiger partial charge in [0.15, 0.2) is 0 Å². The molecule has 0 saturated carbocycles. The molecule has 0 spiro atoms. The molecule has 3 N–H and O–H groups in total. The predicted molar refractivity (Wildman–Crippen MR) is 64.1 cm³/mol. The fourth-order valence-electron chi connectivity index (χ4n) is 1.60. The molecule has 1 aromatic rings. The maximum Gasteiger partial charge on any atom is 0.267 e. The number of carbonyl (C=O) groups is 1. The fraction of sp³-hybridized carbons (Fsp3) is 0.545. The number of unbranched alkanes of at least 4 members (excludes halogenated alkanes) is 1. The van der Waals surface area contributed by atoms with E-state index >= 15 is 0 Å². The molecule has 94 valence electrons. The van der Waals surface area contributed by atoms with E-state index in [1.807, 2.05) is 6.92 Å². The Balaban J connectivity index is 3.07. The number of hydrazine groups is 1. The van der Waals surface area contributed by atoms with Gasteiger partial charge in [-0.3, -0.25) is 15.0 Å². The molecule has 6 heteroatoms. The van der Waals surface area contributed by atoms with Gasteiger partial charge in [0.1, 0.15) is 6.04 Å². The third-order valence-corrected chi connectivity index (χ3v) is 2.53. The van der Waals surface area contributed by atoms with Crippen molar-refractivity contribution >= 4 is 5.91 Å². The number of carbonyl (C=O) groups excluding carboxylic acids is 1. The lowest BCUT2D eigenvalue weighted by atomic mass is 10.1. The molecule has 0 bridgehead atoms. The van der Waals surface area contributed by atoms with Crippen LogP contribution in [0.1, 0.15) is 37.9 Å². The number of rotatable bonds is 5. The van der Waals surface area contributed by atoms with Crippen LogP contribution in [-0.2, 0) is 4.79 Å². The van der Waals surface area contributed by atoms with Crippen LogP contribution in [0.15, 0.2) is 16.9 Å². The molecule has 0 saturated heterocycles. The van der Waals surface area contributed by atoms with E-state index < -0.39 is 11.9 Å². The van der Waals surface area contributed by atoms with Gasteiger partial charge < -0.3 is 0 Å². The maximum absolute atomic E-state index is 11.7. The largest absolute Gasteiger partial charge is 0.292 e. The molecular weight excluding hydrogens is 220 g/mol. The van der Waals surface area contributed by atoms with Crippen molar-refractivity contribution < 1.29 is 4.79 Å². The minimum absolute atomic E-state index is 0.291. The molecule has 0 aliphatic heterocycles. The van der Waals surface area contributed by atoms with E-state index in [1.165, 1.54) is 10.7 Å². The monoisotopic (exact) mass is 238 g/mol. The van der Waals surface area contributed by atoms with E-state index in [4.69, 9.17) is 5.84 Å². The van der Waals surface area contributed by atoms with Gasteiger partial charge in [0.05, 0.1) is 5.69 Å². The van der Waals surface area contributed by atoms with Crippen LogP contribution in [0.4, 0.5) is 0 Å². The van der Waals surface area contributed by atoms with E-state index in [0.29, 0.717) is 12.1 Å². The number of hydrogen-bond acceptors (Lipinski definition) is 4. The topological polar surface area (TPSA) is 90.0 Å². The molecule has 1 rings (SSSR count). The Morgan fingerprint density at radius 3 is 2.88 bits per heavy atom. The third-order valence-electron chi connectivity index (χ3n) is 2.53. The van der Waals surface area contributed by atoms with Crippen LogP contribution in [0, 0.1) is 6.92 Å². The van der Waals surface area contributed by atoms with Crippen molar-refractivity contribution in [1.29, 1.82) is 0 Å². The second-order valence-corrected chi connectivity index (χ2v) is 3.92. The van der Waals surface area contributed by atoms with Crippen molar-refractivity contribution in [3.05, 3.63) is 28.2 Å². The Labute approximate surface area is 99.8 Å². The number of aromatic nitrogens is 2. The smallest absolute Gasteiger partial charge is 0.267 e. The van der Waals surface area contributed by atoms with Gasteiger partial charge in [0, 0.05) is 6.07 Å². The van der Waals surface area contributed by atoms with Crippen LogP contribution in [0.2, 0.25) is 0 Å². The third kappa shape index (κ3) is 3.39. The summed E-state index contributed by atoms with van der Waals surface area (Å²) in [6.07, 6.45) is 2.32. The van der Waals surface area contributed by atoms with Gasteiger partial charge in [0.2, 0.25) is 0 Å². The highest BCUT2D eigenvalue weighted by Gasteiger charge is 2.21. The highest BCUT2D eigenvalue weighted by Crippen LogP contribution is 2.12. The lowest BCUT2D eigenvalue weighted by molar-refractivity contribution is -0.125. The van der Waals surface area contributed by atoms with E-state index in [9.17, 15) is 9.59 Å². The average molecular weight is 238 g/mol. The van der Waals surface area contributed by atoms with Gasteiger partial charge >= 0.3 is 0 Å². The minimum atomic E-state index is -0.632. The Morgan fingerprint density at radius 2 is 2.29 bits per heavy atom. The van der Waals surface area contributed by atoms with E-state index in [2.05, 4.69) is 10.5 Å². The molecule has 1 amide bonds. The Bertz CT molecular complexity index is 441. The molecule has 1 aromatic heterocycles. The van der Waals surface area contributed by atoms with Crippen molar-refractivity contribution in [2.24, 2.45) is 5.84 Å². The van der Waals surface area contributed by atoms with Crippen LogP contribution >= 0.6 is 0 Å². The second kappa shape index (κ2) is 6.15. The molecule has 17 heavy (non-hydrogen) atoms. The zero-order valence-electron chi connectivity index (χ0n) is 10.1. The Morgan fingerprint density at radius 1 is 1.59 bits per heavy atom. The van der Waals surface area contributed by atoms with Crippen LogP contribution in [0.3, 0.4) is 0 Å². The number of hydrogen-bond donors (Lipinski definition) is 2. The molecule has 1 atom stereocenters. The summed E-state index contributed by atoms with van der Waals surface area (Å²) >= 11 is 0. The van der Waals surface area contributed by atoms with Crippen LogP contribution < -0.4 is 16.8 Å². The highest BCUT2D eigenvalue weighted by molar-refractivity contribution is 5.79. The predicted octanol–water partition coefficient (Wildman–Crippen LogP) is 0.273. The standard InChI is InChI=1S/C11H18N4O2/c1-3-4-5-9(11(17)13-12)15-10(16)7-6-8(2)14-15/h6-7,9H,3-5,12H2,1-2H3,(H,13,17)/t9-/m0/s1. The number of nitrogens with zero attached hydrogens (tertiary/aromatic N) is 2. The number of amides is 1. The summed E-state index contributed by atoms with van der Waals surface area (Å²) in [5.41, 5.74) is 2.48. The molecule has 0 radical (unpaired) electrons. The van der Waals surface area contributed by atoms with Crippen LogP contribution in [-0.4, -0.2) is 15.7 Å². The summed E-state index contributed by atoms with van der Waals surface area (Å²) < 4.78 is 1.20. The van der Waals surface area contributed by atoms with Crippen molar-refractivity contribution in [3.8, 4) is 0 Å². The summed E-state index contributed by atoms with van der Waals surface area (Å²) in [5.74, 6) is 4.74. The van der Waals surface area contributed by atoms with Gasteiger partial charge in [-0.15, -0.1) is 0 Å². The first-order valence-electron chi connectivity index (χ1n) is 5.67. The van der Waals surface area contributed by atoms with Crippen molar-refractivity contribution in [2.75, 3.05) is 0 Å². The Hall–Kier alpha value is -1.69. The van der Waals surface area contributed by atoms with Crippen LogP contribution in [0.5, 0.6) is 0 Å². The summed E-state index contributed by atoms with van der Waals surface area (Å²) in [6, 6.07) is 2.40. The van der Waals surface area contributed by atoms with E-state index in [0.717, 1.165) is 12.8 Å². The molecule has 0 aliphatic carbocycles. The fourth-order valence-corrected chi connectivity index (χ4v) is 1.60. The van der Waals surface area contributed by atoms with Gasteiger partial charge in [-0.2, -0.15) is 5.10 Å². The van der Waals surface area contributed by atoms with Gasteiger partial charge in [0.25, 0.3) is 11.5 Å².